The standard InChI is InChI=1S/C23H25N3O4S/c1-6-18(23(27)28-7-2)21-20(14(4)24)17(12-31-21)11-29-19-10-16(9-8-13(19)3)22-26-25-15(5)30-22/h6,8-10,12H,4,7,11,24H2,1-3,5H3/b18-6+. The molecule has 0 fully saturated rings. The van der Waals surface area contributed by atoms with E-state index >= 15 is 0 Å². The Morgan fingerprint density at radius 3 is 2.71 bits per heavy atom. The van der Waals surface area contributed by atoms with E-state index in [0.717, 1.165) is 21.6 Å². The third-order valence-corrected chi connectivity index (χ3v) is 5.62. The fourth-order valence-electron chi connectivity index (χ4n) is 3.06. The van der Waals surface area contributed by atoms with Crippen molar-refractivity contribution in [3.8, 4) is 17.2 Å². The highest BCUT2D eigenvalue weighted by atomic mass is 32.1. The van der Waals surface area contributed by atoms with Gasteiger partial charge in [0.25, 0.3) is 0 Å². The number of hydrogen-bond donors (Lipinski definition) is 1. The van der Waals surface area contributed by atoms with Gasteiger partial charge in [-0.15, -0.1) is 21.5 Å². The molecule has 0 radical (unpaired) electrons. The molecule has 8 heteroatoms. The number of benzene rings is 1. The van der Waals surface area contributed by atoms with E-state index in [-0.39, 0.29) is 12.6 Å². The molecule has 2 aromatic heterocycles. The van der Waals surface area contributed by atoms with Crippen LogP contribution in [-0.2, 0) is 16.1 Å². The van der Waals surface area contributed by atoms with E-state index in [0.29, 0.717) is 41.0 Å². The topological polar surface area (TPSA) is 100 Å². The number of carbonyl (C=O) groups excluding carboxylic acids is 1. The lowest BCUT2D eigenvalue weighted by Crippen LogP contribution is -2.09. The van der Waals surface area contributed by atoms with Crippen LogP contribution in [-0.4, -0.2) is 22.8 Å². The Labute approximate surface area is 185 Å². The molecule has 3 rings (SSSR count). The highest BCUT2D eigenvalue weighted by Gasteiger charge is 2.22. The molecule has 31 heavy (non-hydrogen) atoms. The van der Waals surface area contributed by atoms with Gasteiger partial charge in [0.05, 0.1) is 17.1 Å². The number of carbonyl (C=O) groups is 1. The van der Waals surface area contributed by atoms with E-state index < -0.39 is 0 Å². The van der Waals surface area contributed by atoms with Gasteiger partial charge in [0.2, 0.25) is 11.8 Å². The number of rotatable bonds is 8. The molecular weight excluding hydrogens is 414 g/mol. The summed E-state index contributed by atoms with van der Waals surface area (Å²) in [5.41, 5.74) is 10.2. The largest absolute Gasteiger partial charge is 0.489 e. The fourth-order valence-corrected chi connectivity index (χ4v) is 4.21. The first-order valence-corrected chi connectivity index (χ1v) is 10.7. The van der Waals surface area contributed by atoms with Crippen LogP contribution < -0.4 is 10.5 Å². The molecule has 0 spiro atoms. The van der Waals surface area contributed by atoms with Gasteiger partial charge in [-0.2, -0.15) is 0 Å². The van der Waals surface area contributed by atoms with Crippen LogP contribution in [0.5, 0.6) is 5.75 Å². The van der Waals surface area contributed by atoms with E-state index in [1.165, 1.54) is 11.3 Å². The average molecular weight is 440 g/mol. The molecule has 0 saturated carbocycles. The second kappa shape index (κ2) is 9.61. The smallest absolute Gasteiger partial charge is 0.339 e. The predicted octanol–water partition coefficient (Wildman–Crippen LogP) is 4.89. The summed E-state index contributed by atoms with van der Waals surface area (Å²) in [5.74, 6) is 1.23. The van der Waals surface area contributed by atoms with Gasteiger partial charge in [0.15, 0.2) is 0 Å². The number of ether oxygens (including phenoxy) is 2. The molecule has 3 aromatic rings. The molecule has 0 atom stereocenters. The second-order valence-electron chi connectivity index (χ2n) is 6.81. The Hall–Kier alpha value is -3.39. The Balaban J connectivity index is 1.88. The Morgan fingerprint density at radius 1 is 1.32 bits per heavy atom. The van der Waals surface area contributed by atoms with E-state index in [9.17, 15) is 4.79 Å². The van der Waals surface area contributed by atoms with Gasteiger partial charge in [-0.1, -0.05) is 18.7 Å². The molecule has 0 aliphatic carbocycles. The van der Waals surface area contributed by atoms with Crippen molar-refractivity contribution in [2.45, 2.75) is 34.3 Å². The zero-order chi connectivity index (χ0) is 22.5. The number of hydrogen-bond acceptors (Lipinski definition) is 8. The molecular formula is C23H25N3O4S. The summed E-state index contributed by atoms with van der Waals surface area (Å²) in [6.45, 7) is 11.7. The van der Waals surface area contributed by atoms with Crippen molar-refractivity contribution >= 4 is 28.6 Å². The summed E-state index contributed by atoms with van der Waals surface area (Å²) in [7, 11) is 0. The summed E-state index contributed by atoms with van der Waals surface area (Å²) in [5, 5.41) is 9.85. The zero-order valence-electron chi connectivity index (χ0n) is 18.0. The molecule has 162 valence electrons. The van der Waals surface area contributed by atoms with Crippen molar-refractivity contribution in [1.82, 2.24) is 10.2 Å². The lowest BCUT2D eigenvalue weighted by Gasteiger charge is -2.12. The number of nitrogens with zero attached hydrogens (tertiary/aromatic N) is 2. The summed E-state index contributed by atoms with van der Waals surface area (Å²) in [4.78, 5) is 13.1. The molecule has 0 aliphatic rings. The zero-order valence-corrected chi connectivity index (χ0v) is 18.8. The second-order valence-corrected chi connectivity index (χ2v) is 7.69. The Morgan fingerprint density at radius 2 is 2.10 bits per heavy atom. The minimum Gasteiger partial charge on any atom is -0.489 e. The van der Waals surface area contributed by atoms with Gasteiger partial charge in [0.1, 0.15) is 12.4 Å². The van der Waals surface area contributed by atoms with Gasteiger partial charge in [-0.25, -0.2) is 4.79 Å². The molecule has 0 unspecified atom stereocenters. The number of aromatic nitrogens is 2. The van der Waals surface area contributed by atoms with Crippen molar-refractivity contribution in [2.24, 2.45) is 5.73 Å². The lowest BCUT2D eigenvalue weighted by atomic mass is 10.0. The van der Waals surface area contributed by atoms with Crippen LogP contribution in [0.15, 0.2) is 40.7 Å². The minimum absolute atomic E-state index is 0.259. The molecule has 1 aromatic carbocycles. The quantitative estimate of drug-likeness (QED) is 0.394. The first kappa shape index (κ1) is 22.3. The van der Waals surface area contributed by atoms with E-state index in [4.69, 9.17) is 19.6 Å². The maximum absolute atomic E-state index is 12.4. The van der Waals surface area contributed by atoms with Crippen molar-refractivity contribution in [3.63, 3.8) is 0 Å². The molecule has 2 N–H and O–H groups in total. The number of aryl methyl sites for hydroxylation is 2. The maximum Gasteiger partial charge on any atom is 0.339 e. The molecule has 2 heterocycles. The van der Waals surface area contributed by atoms with Crippen molar-refractivity contribution in [3.05, 3.63) is 63.7 Å². The summed E-state index contributed by atoms with van der Waals surface area (Å²) >= 11 is 1.41. The van der Waals surface area contributed by atoms with Gasteiger partial charge in [-0.3, -0.25) is 0 Å². The summed E-state index contributed by atoms with van der Waals surface area (Å²) in [6, 6.07) is 5.70. The van der Waals surface area contributed by atoms with Crippen molar-refractivity contribution in [2.75, 3.05) is 6.61 Å². The van der Waals surface area contributed by atoms with Crippen molar-refractivity contribution in [1.29, 1.82) is 0 Å². The predicted molar refractivity (Wildman–Crippen MR) is 121 cm³/mol. The number of nitrogens with two attached hydrogens (primary N) is 1. The molecule has 0 aliphatic heterocycles. The molecule has 0 saturated heterocycles. The van der Waals surface area contributed by atoms with E-state index in [1.54, 1.807) is 26.8 Å². The third kappa shape index (κ3) is 4.86. The van der Waals surface area contributed by atoms with Crippen LogP contribution in [0.4, 0.5) is 0 Å². The van der Waals surface area contributed by atoms with Crippen LogP contribution in [0, 0.1) is 13.8 Å². The average Bonchev–Trinajstić information content (AvgIpc) is 3.35. The molecule has 0 amide bonds. The molecule has 7 nitrogen and oxygen atoms in total. The summed E-state index contributed by atoms with van der Waals surface area (Å²) < 4.78 is 16.8. The maximum atomic E-state index is 12.4. The van der Waals surface area contributed by atoms with Crippen LogP contribution in [0.2, 0.25) is 0 Å². The molecule has 0 bridgehead atoms. The van der Waals surface area contributed by atoms with E-state index in [2.05, 4.69) is 16.8 Å². The van der Waals surface area contributed by atoms with Crippen LogP contribution >= 0.6 is 11.3 Å². The minimum atomic E-state index is -0.389. The fraction of sp³-hybridized carbons (Fsp3) is 0.261. The number of allylic oxidation sites excluding steroid dienone is 1. The van der Waals surface area contributed by atoms with Crippen LogP contribution in [0.1, 0.15) is 41.3 Å². The number of thiophene rings is 1. The highest BCUT2D eigenvalue weighted by molar-refractivity contribution is 7.12. The van der Waals surface area contributed by atoms with Crippen LogP contribution in [0.25, 0.3) is 22.7 Å². The first-order valence-electron chi connectivity index (χ1n) is 9.78. The highest BCUT2D eigenvalue weighted by Crippen LogP contribution is 2.34. The Kier molecular flexibility index (Phi) is 6.91. The lowest BCUT2D eigenvalue weighted by molar-refractivity contribution is -0.136. The van der Waals surface area contributed by atoms with Crippen LogP contribution in [0.3, 0.4) is 0 Å². The number of esters is 1. The SMILES string of the molecule is C=C(N)c1c(COc2cc(-c3nnc(C)o3)ccc2C)csc1/C(=C\C)C(=O)OCC. The van der Waals surface area contributed by atoms with Crippen molar-refractivity contribution < 1.29 is 18.7 Å². The Bertz CT molecular complexity index is 1140. The monoisotopic (exact) mass is 439 g/mol. The van der Waals surface area contributed by atoms with Gasteiger partial charge in [-0.05, 0) is 43.8 Å². The first-order chi connectivity index (χ1) is 14.8. The van der Waals surface area contributed by atoms with Gasteiger partial charge >= 0.3 is 5.97 Å². The van der Waals surface area contributed by atoms with Gasteiger partial charge in [0, 0.05) is 29.3 Å². The normalized spacial score (nSPS) is 11.4. The van der Waals surface area contributed by atoms with E-state index in [1.807, 2.05) is 30.5 Å². The third-order valence-electron chi connectivity index (χ3n) is 4.56. The summed E-state index contributed by atoms with van der Waals surface area (Å²) in [6.07, 6.45) is 1.72. The van der Waals surface area contributed by atoms with Gasteiger partial charge < -0.3 is 19.6 Å².